The Labute approximate surface area is 99.6 Å². The molecule has 1 spiro atoms. The minimum absolute atomic E-state index is 0.714. The van der Waals surface area contributed by atoms with Crippen molar-refractivity contribution in [2.75, 3.05) is 19.6 Å². The second kappa shape index (κ2) is 5.68. The Bertz CT molecular complexity index is 238. The van der Waals surface area contributed by atoms with Gasteiger partial charge in [0, 0.05) is 19.5 Å². The number of hydrogen-bond acceptors (Lipinski definition) is 2. The minimum Gasteiger partial charge on any atom is -0.302 e. The second-order valence-corrected chi connectivity index (χ2v) is 5.74. The Morgan fingerprint density at radius 2 is 1.69 bits per heavy atom. The van der Waals surface area contributed by atoms with Crippen LogP contribution < -0.4 is 0 Å². The predicted molar refractivity (Wildman–Crippen MR) is 66.0 cm³/mol. The van der Waals surface area contributed by atoms with Crippen LogP contribution in [-0.4, -0.2) is 24.5 Å². The van der Waals surface area contributed by atoms with E-state index < -0.39 is 0 Å². The highest BCUT2D eigenvalue weighted by atomic mass is 15.2. The van der Waals surface area contributed by atoms with Crippen molar-refractivity contribution < 1.29 is 0 Å². The van der Waals surface area contributed by atoms with E-state index in [1.807, 2.05) is 0 Å². The van der Waals surface area contributed by atoms with Crippen molar-refractivity contribution in [1.29, 1.82) is 5.26 Å². The van der Waals surface area contributed by atoms with E-state index in [0.717, 1.165) is 12.8 Å². The molecule has 2 rings (SSSR count). The summed E-state index contributed by atoms with van der Waals surface area (Å²) in [6.45, 7) is 3.92. The molecule has 0 N–H and O–H groups in total. The van der Waals surface area contributed by atoms with Crippen LogP contribution in [0.4, 0.5) is 0 Å². The Kier molecular flexibility index (Phi) is 4.23. The summed E-state index contributed by atoms with van der Waals surface area (Å²) in [5, 5.41) is 8.47. The summed E-state index contributed by atoms with van der Waals surface area (Å²) in [5.74, 6) is 0. The maximum absolute atomic E-state index is 8.47. The van der Waals surface area contributed by atoms with E-state index >= 15 is 0 Å². The average molecular weight is 220 g/mol. The van der Waals surface area contributed by atoms with Gasteiger partial charge < -0.3 is 4.90 Å². The van der Waals surface area contributed by atoms with Gasteiger partial charge in [-0.15, -0.1) is 0 Å². The van der Waals surface area contributed by atoms with Crippen molar-refractivity contribution in [2.45, 2.75) is 57.8 Å². The molecule has 0 bridgehead atoms. The molecular weight excluding hydrogens is 196 g/mol. The van der Waals surface area contributed by atoms with Crippen LogP contribution in [0.1, 0.15) is 57.8 Å². The van der Waals surface area contributed by atoms with Gasteiger partial charge in [-0.25, -0.2) is 0 Å². The van der Waals surface area contributed by atoms with Crippen LogP contribution in [0.15, 0.2) is 0 Å². The van der Waals surface area contributed by atoms with Crippen molar-refractivity contribution in [3.63, 3.8) is 0 Å². The van der Waals surface area contributed by atoms with Crippen LogP contribution in [0.25, 0.3) is 0 Å². The lowest BCUT2D eigenvalue weighted by molar-refractivity contribution is -0.0123. The first kappa shape index (κ1) is 11.9. The first-order chi connectivity index (χ1) is 7.85. The van der Waals surface area contributed by atoms with Gasteiger partial charge in [0.2, 0.25) is 0 Å². The fraction of sp³-hybridized carbons (Fsp3) is 0.929. The van der Waals surface area contributed by atoms with E-state index in [1.54, 1.807) is 0 Å². The molecule has 16 heavy (non-hydrogen) atoms. The first-order valence-corrected chi connectivity index (χ1v) is 6.94. The summed E-state index contributed by atoms with van der Waals surface area (Å²) in [6.07, 6.45) is 11.8. The molecule has 0 radical (unpaired) electrons. The Balaban J connectivity index is 1.62. The van der Waals surface area contributed by atoms with Crippen LogP contribution in [0.5, 0.6) is 0 Å². The molecule has 2 heteroatoms. The molecule has 0 aromatic carbocycles. The van der Waals surface area contributed by atoms with Gasteiger partial charge in [0.15, 0.2) is 0 Å². The zero-order chi connectivity index (χ0) is 11.3. The van der Waals surface area contributed by atoms with Gasteiger partial charge in [-0.3, -0.25) is 0 Å². The SMILES string of the molecule is N#CCCCCN1CC2(CCCCCC2)C1. The third kappa shape index (κ3) is 2.98. The monoisotopic (exact) mass is 220 g/mol. The van der Waals surface area contributed by atoms with E-state index in [1.165, 1.54) is 64.6 Å². The molecule has 1 saturated carbocycles. The highest BCUT2D eigenvalue weighted by Gasteiger charge is 2.41. The molecule has 1 heterocycles. The van der Waals surface area contributed by atoms with E-state index in [4.69, 9.17) is 5.26 Å². The molecule has 2 fully saturated rings. The molecule has 0 atom stereocenters. The summed E-state index contributed by atoms with van der Waals surface area (Å²) < 4.78 is 0. The van der Waals surface area contributed by atoms with Crippen LogP contribution >= 0.6 is 0 Å². The number of likely N-dealkylation sites (tertiary alicyclic amines) is 1. The molecule has 1 aliphatic heterocycles. The van der Waals surface area contributed by atoms with E-state index in [-0.39, 0.29) is 0 Å². The molecule has 0 unspecified atom stereocenters. The van der Waals surface area contributed by atoms with Gasteiger partial charge >= 0.3 is 0 Å². The standard InChI is InChI=1S/C14H24N2/c15-10-6-3-7-11-16-12-14(13-16)8-4-1-2-5-9-14/h1-9,11-13H2. The quantitative estimate of drug-likeness (QED) is 0.679. The smallest absolute Gasteiger partial charge is 0.0621 e. The van der Waals surface area contributed by atoms with Gasteiger partial charge in [0.25, 0.3) is 0 Å². The molecular formula is C14H24N2. The maximum Gasteiger partial charge on any atom is 0.0621 e. The van der Waals surface area contributed by atoms with E-state index in [9.17, 15) is 0 Å². The summed E-state index contributed by atoms with van der Waals surface area (Å²) in [4.78, 5) is 2.60. The Morgan fingerprint density at radius 3 is 2.31 bits per heavy atom. The highest BCUT2D eigenvalue weighted by molar-refractivity contribution is 4.95. The second-order valence-electron chi connectivity index (χ2n) is 5.74. The molecule has 1 saturated heterocycles. The number of unbranched alkanes of at least 4 members (excludes halogenated alkanes) is 2. The van der Waals surface area contributed by atoms with E-state index in [2.05, 4.69) is 11.0 Å². The van der Waals surface area contributed by atoms with Crippen molar-refractivity contribution >= 4 is 0 Å². The van der Waals surface area contributed by atoms with Gasteiger partial charge in [0.05, 0.1) is 6.07 Å². The zero-order valence-corrected chi connectivity index (χ0v) is 10.4. The fourth-order valence-corrected chi connectivity index (χ4v) is 3.39. The summed E-state index contributed by atoms with van der Waals surface area (Å²) in [5.41, 5.74) is 0.714. The third-order valence-electron chi connectivity index (χ3n) is 4.30. The summed E-state index contributed by atoms with van der Waals surface area (Å²) in [6, 6.07) is 2.22. The largest absolute Gasteiger partial charge is 0.302 e. The fourth-order valence-electron chi connectivity index (χ4n) is 3.39. The molecule has 2 aliphatic rings. The maximum atomic E-state index is 8.47. The van der Waals surface area contributed by atoms with Crippen molar-refractivity contribution in [3.05, 3.63) is 0 Å². The van der Waals surface area contributed by atoms with Crippen LogP contribution in [-0.2, 0) is 0 Å². The summed E-state index contributed by atoms with van der Waals surface area (Å²) in [7, 11) is 0. The lowest BCUT2D eigenvalue weighted by atomic mass is 9.73. The van der Waals surface area contributed by atoms with Crippen molar-refractivity contribution in [2.24, 2.45) is 5.41 Å². The molecule has 90 valence electrons. The van der Waals surface area contributed by atoms with Crippen molar-refractivity contribution in [1.82, 2.24) is 4.90 Å². The lowest BCUT2D eigenvalue weighted by Crippen LogP contribution is -2.56. The molecule has 2 nitrogen and oxygen atoms in total. The van der Waals surface area contributed by atoms with Crippen molar-refractivity contribution in [3.8, 4) is 6.07 Å². The number of hydrogen-bond donors (Lipinski definition) is 0. The van der Waals surface area contributed by atoms with Gasteiger partial charge in [-0.05, 0) is 37.6 Å². The molecule has 0 amide bonds. The highest BCUT2D eigenvalue weighted by Crippen LogP contribution is 2.42. The first-order valence-electron chi connectivity index (χ1n) is 6.94. The minimum atomic E-state index is 0.714. The van der Waals surface area contributed by atoms with Gasteiger partial charge in [-0.1, -0.05) is 25.7 Å². The van der Waals surface area contributed by atoms with Crippen LogP contribution in [0, 0.1) is 16.7 Å². The zero-order valence-electron chi connectivity index (χ0n) is 10.4. The number of nitriles is 1. The summed E-state index contributed by atoms with van der Waals surface area (Å²) >= 11 is 0. The molecule has 0 aromatic rings. The topological polar surface area (TPSA) is 27.0 Å². The van der Waals surface area contributed by atoms with Gasteiger partial charge in [-0.2, -0.15) is 5.26 Å². The van der Waals surface area contributed by atoms with Crippen LogP contribution in [0.3, 0.4) is 0 Å². The normalized spacial score (nSPS) is 24.7. The Hall–Kier alpha value is -0.550. The molecule has 1 aliphatic carbocycles. The third-order valence-corrected chi connectivity index (χ3v) is 4.30. The Morgan fingerprint density at radius 1 is 1.00 bits per heavy atom. The number of nitrogens with zero attached hydrogens (tertiary/aromatic N) is 2. The lowest BCUT2D eigenvalue weighted by Gasteiger charge is -2.50. The molecule has 0 aromatic heterocycles. The van der Waals surface area contributed by atoms with Crippen LogP contribution in [0.2, 0.25) is 0 Å². The van der Waals surface area contributed by atoms with Gasteiger partial charge in [0.1, 0.15) is 0 Å². The van der Waals surface area contributed by atoms with E-state index in [0.29, 0.717) is 5.41 Å². The number of rotatable bonds is 4. The average Bonchev–Trinajstić information content (AvgIpc) is 2.48. The predicted octanol–water partition coefficient (Wildman–Crippen LogP) is 3.34.